The number of carbonyl (C=O) groups excluding carboxylic acids is 2. The van der Waals surface area contributed by atoms with E-state index in [1.807, 2.05) is 30.3 Å². The summed E-state index contributed by atoms with van der Waals surface area (Å²) in [5.74, 6) is -1.01. The number of sulfonamides is 1. The number of para-hydroxylation sites is 2. The molecule has 2 amide bonds. The Morgan fingerprint density at radius 3 is 2.05 bits per heavy atom. The maximum atomic E-state index is 13.5. The van der Waals surface area contributed by atoms with Gasteiger partial charge in [-0.2, -0.15) is 0 Å². The molecule has 4 aromatic carbocycles. The second-order valence-corrected chi connectivity index (χ2v) is 10.3. The highest BCUT2D eigenvalue weighted by molar-refractivity contribution is 7.92. The summed E-state index contributed by atoms with van der Waals surface area (Å²) < 4.78 is 27.9. The molecule has 0 heterocycles. The number of nitrogens with one attached hydrogen (secondary N) is 2. The summed E-state index contributed by atoms with van der Waals surface area (Å²) in [4.78, 5) is 26.0. The Hall–Kier alpha value is -4.14. The SMILES string of the molecule is O=C(CN(c1ccccc1Cl)S(=O)(=O)c1ccccc1)Nc1ccccc1C(=O)NCc1ccccc1. The lowest BCUT2D eigenvalue weighted by Gasteiger charge is -2.25. The van der Waals surface area contributed by atoms with E-state index in [-0.39, 0.29) is 32.8 Å². The largest absolute Gasteiger partial charge is 0.348 e. The molecule has 2 N–H and O–H groups in total. The molecule has 0 saturated heterocycles. The van der Waals surface area contributed by atoms with E-state index >= 15 is 0 Å². The van der Waals surface area contributed by atoms with Gasteiger partial charge in [-0.15, -0.1) is 0 Å². The van der Waals surface area contributed by atoms with Crippen molar-refractivity contribution in [3.05, 3.63) is 125 Å². The Labute approximate surface area is 220 Å². The van der Waals surface area contributed by atoms with Gasteiger partial charge in [0.25, 0.3) is 15.9 Å². The van der Waals surface area contributed by atoms with Crippen molar-refractivity contribution in [1.29, 1.82) is 0 Å². The molecule has 0 aliphatic heterocycles. The minimum absolute atomic E-state index is 0.0170. The molecular formula is C28H24ClN3O4S. The van der Waals surface area contributed by atoms with Gasteiger partial charge in [0, 0.05) is 6.54 Å². The molecular weight excluding hydrogens is 510 g/mol. The molecule has 0 unspecified atom stereocenters. The van der Waals surface area contributed by atoms with Crippen LogP contribution in [0.4, 0.5) is 11.4 Å². The van der Waals surface area contributed by atoms with Crippen LogP contribution in [0, 0.1) is 0 Å². The molecule has 0 spiro atoms. The van der Waals surface area contributed by atoms with Gasteiger partial charge in [0.05, 0.1) is 26.9 Å². The Morgan fingerprint density at radius 1 is 0.757 bits per heavy atom. The molecule has 4 rings (SSSR count). The monoisotopic (exact) mass is 533 g/mol. The lowest BCUT2D eigenvalue weighted by molar-refractivity contribution is -0.114. The van der Waals surface area contributed by atoms with E-state index in [9.17, 15) is 18.0 Å². The predicted octanol–water partition coefficient (Wildman–Crippen LogP) is 5.10. The third kappa shape index (κ3) is 6.35. The van der Waals surface area contributed by atoms with Crippen LogP contribution in [0.3, 0.4) is 0 Å². The molecule has 4 aromatic rings. The smallest absolute Gasteiger partial charge is 0.264 e. The van der Waals surface area contributed by atoms with Gasteiger partial charge in [0.15, 0.2) is 0 Å². The van der Waals surface area contributed by atoms with Gasteiger partial charge in [-0.25, -0.2) is 8.42 Å². The summed E-state index contributed by atoms with van der Waals surface area (Å²) in [6.07, 6.45) is 0. The van der Waals surface area contributed by atoms with Crippen molar-refractivity contribution in [3.8, 4) is 0 Å². The van der Waals surface area contributed by atoms with Gasteiger partial charge in [0.1, 0.15) is 6.54 Å². The molecule has 0 saturated carbocycles. The van der Waals surface area contributed by atoms with Crippen molar-refractivity contribution in [1.82, 2.24) is 5.32 Å². The first kappa shape index (κ1) is 25.9. The molecule has 188 valence electrons. The molecule has 0 atom stereocenters. The summed E-state index contributed by atoms with van der Waals surface area (Å²) in [5.41, 5.74) is 1.60. The minimum Gasteiger partial charge on any atom is -0.348 e. The Bertz CT molecular complexity index is 1500. The molecule has 0 radical (unpaired) electrons. The number of halogens is 1. The van der Waals surface area contributed by atoms with Crippen LogP contribution in [-0.4, -0.2) is 26.8 Å². The Kier molecular flexibility index (Phi) is 8.22. The maximum absolute atomic E-state index is 13.5. The van der Waals surface area contributed by atoms with Crippen molar-refractivity contribution < 1.29 is 18.0 Å². The van der Waals surface area contributed by atoms with E-state index in [4.69, 9.17) is 11.6 Å². The normalized spacial score (nSPS) is 10.9. The van der Waals surface area contributed by atoms with E-state index in [1.165, 1.54) is 18.2 Å². The van der Waals surface area contributed by atoms with Gasteiger partial charge in [0.2, 0.25) is 5.91 Å². The second kappa shape index (κ2) is 11.7. The summed E-state index contributed by atoms with van der Waals surface area (Å²) in [6, 6.07) is 30.1. The van der Waals surface area contributed by atoms with Crippen LogP contribution in [-0.2, 0) is 21.4 Å². The number of hydrogen-bond donors (Lipinski definition) is 2. The van der Waals surface area contributed by atoms with Crippen molar-refractivity contribution >= 4 is 44.8 Å². The lowest BCUT2D eigenvalue weighted by atomic mass is 10.1. The predicted molar refractivity (Wildman–Crippen MR) is 145 cm³/mol. The number of rotatable bonds is 9. The fraction of sp³-hybridized carbons (Fsp3) is 0.0714. The Morgan fingerprint density at radius 2 is 1.35 bits per heavy atom. The zero-order valence-corrected chi connectivity index (χ0v) is 21.2. The van der Waals surface area contributed by atoms with Gasteiger partial charge >= 0.3 is 0 Å². The van der Waals surface area contributed by atoms with E-state index in [2.05, 4.69) is 10.6 Å². The summed E-state index contributed by atoms with van der Waals surface area (Å²) in [6.45, 7) is -0.238. The minimum atomic E-state index is -4.12. The standard InChI is InChI=1S/C28H24ClN3O4S/c29-24-16-8-10-18-26(24)32(37(35,36)22-13-5-2-6-14-22)20-27(33)31-25-17-9-7-15-23(25)28(34)30-19-21-11-3-1-4-12-21/h1-18H,19-20H2,(H,30,34)(H,31,33). The fourth-order valence-electron chi connectivity index (χ4n) is 3.66. The zero-order valence-electron chi connectivity index (χ0n) is 19.7. The lowest BCUT2D eigenvalue weighted by Crippen LogP contribution is -2.38. The number of benzene rings is 4. The average molecular weight is 534 g/mol. The molecule has 7 nitrogen and oxygen atoms in total. The van der Waals surface area contributed by atoms with E-state index in [0.29, 0.717) is 6.54 Å². The summed E-state index contributed by atoms with van der Waals surface area (Å²) >= 11 is 6.32. The van der Waals surface area contributed by atoms with E-state index in [0.717, 1.165) is 9.87 Å². The first-order chi connectivity index (χ1) is 17.9. The first-order valence-electron chi connectivity index (χ1n) is 11.4. The highest BCUT2D eigenvalue weighted by atomic mass is 35.5. The van der Waals surface area contributed by atoms with Gasteiger partial charge in [-0.3, -0.25) is 13.9 Å². The second-order valence-electron chi connectivity index (χ2n) is 8.04. The Balaban J connectivity index is 1.56. The first-order valence-corrected chi connectivity index (χ1v) is 13.2. The average Bonchev–Trinajstić information content (AvgIpc) is 2.92. The van der Waals surface area contributed by atoms with Crippen LogP contribution in [0.1, 0.15) is 15.9 Å². The van der Waals surface area contributed by atoms with Crippen LogP contribution in [0.25, 0.3) is 0 Å². The number of hydrogen-bond acceptors (Lipinski definition) is 4. The molecule has 9 heteroatoms. The van der Waals surface area contributed by atoms with Gasteiger partial charge in [-0.1, -0.05) is 84.4 Å². The van der Waals surface area contributed by atoms with Gasteiger partial charge < -0.3 is 10.6 Å². The number of carbonyl (C=O) groups is 2. The third-order valence-corrected chi connectivity index (χ3v) is 7.57. The molecule has 0 bridgehead atoms. The van der Waals surface area contributed by atoms with E-state index in [1.54, 1.807) is 60.7 Å². The number of nitrogens with zero attached hydrogens (tertiary/aromatic N) is 1. The van der Waals surface area contributed by atoms with Crippen molar-refractivity contribution in [2.45, 2.75) is 11.4 Å². The van der Waals surface area contributed by atoms with Crippen molar-refractivity contribution in [3.63, 3.8) is 0 Å². The fourth-order valence-corrected chi connectivity index (χ4v) is 5.41. The summed E-state index contributed by atoms with van der Waals surface area (Å²) in [5, 5.41) is 5.70. The molecule has 0 fully saturated rings. The van der Waals surface area contributed by atoms with Crippen LogP contribution in [0.2, 0.25) is 5.02 Å². The highest BCUT2D eigenvalue weighted by Crippen LogP contribution is 2.30. The van der Waals surface area contributed by atoms with Crippen molar-refractivity contribution in [2.75, 3.05) is 16.2 Å². The van der Waals surface area contributed by atoms with Crippen LogP contribution >= 0.6 is 11.6 Å². The van der Waals surface area contributed by atoms with E-state index < -0.39 is 22.5 Å². The summed E-state index contributed by atoms with van der Waals surface area (Å²) in [7, 11) is -4.12. The third-order valence-electron chi connectivity index (χ3n) is 5.48. The van der Waals surface area contributed by atoms with Crippen LogP contribution < -0.4 is 14.9 Å². The van der Waals surface area contributed by atoms with Gasteiger partial charge in [-0.05, 0) is 42.0 Å². The van der Waals surface area contributed by atoms with Crippen LogP contribution in [0.5, 0.6) is 0 Å². The molecule has 0 aromatic heterocycles. The quantitative estimate of drug-likeness (QED) is 0.313. The zero-order chi connectivity index (χ0) is 26.3. The topological polar surface area (TPSA) is 95.6 Å². The van der Waals surface area contributed by atoms with Crippen molar-refractivity contribution in [2.24, 2.45) is 0 Å². The number of anilines is 2. The maximum Gasteiger partial charge on any atom is 0.264 e. The van der Waals surface area contributed by atoms with Crippen LogP contribution in [0.15, 0.2) is 114 Å². The molecule has 0 aliphatic carbocycles. The molecule has 0 aliphatic rings. The molecule has 37 heavy (non-hydrogen) atoms. The highest BCUT2D eigenvalue weighted by Gasteiger charge is 2.29. The number of amides is 2.